The third-order valence-electron chi connectivity index (χ3n) is 3.86. The number of carbonyl (C=O) groups excluding carboxylic acids is 1. The van der Waals surface area contributed by atoms with E-state index in [1.165, 1.54) is 11.8 Å². The highest BCUT2D eigenvalue weighted by Crippen LogP contribution is 2.30. The lowest BCUT2D eigenvalue weighted by Gasteiger charge is -2.15. The Labute approximate surface area is 166 Å². The number of alkyl halides is 3. The molecule has 13 heteroatoms. The van der Waals surface area contributed by atoms with E-state index in [0.29, 0.717) is 5.94 Å². The third kappa shape index (κ3) is 6.10. The van der Waals surface area contributed by atoms with E-state index in [9.17, 15) is 32.7 Å². The quantitative estimate of drug-likeness (QED) is 0.407. The molecule has 160 valence electrons. The van der Waals surface area contributed by atoms with Gasteiger partial charge in [0.1, 0.15) is 17.9 Å². The molecule has 0 saturated carbocycles. The summed E-state index contributed by atoms with van der Waals surface area (Å²) in [6.07, 6.45) is -3.85. The number of rotatable bonds is 6. The van der Waals surface area contributed by atoms with Crippen LogP contribution in [0.1, 0.15) is 18.2 Å². The fourth-order valence-corrected chi connectivity index (χ4v) is 2.83. The Bertz CT molecular complexity index is 904. The Kier molecular flexibility index (Phi) is 7.91. The number of aromatic amines is 1. The van der Waals surface area contributed by atoms with Gasteiger partial charge in [-0.3, -0.25) is 19.1 Å². The largest absolute Gasteiger partial charge is 0.471 e. The van der Waals surface area contributed by atoms with Gasteiger partial charge in [0.05, 0.1) is 25.2 Å². The summed E-state index contributed by atoms with van der Waals surface area (Å²) in [4.78, 5) is 36.7. The first-order chi connectivity index (χ1) is 13.7. The summed E-state index contributed by atoms with van der Waals surface area (Å²) in [5.74, 6) is 2.72. The number of aromatic nitrogens is 2. The Balaban J connectivity index is 2.16. The Hall–Kier alpha value is -2.27. The Morgan fingerprint density at radius 3 is 2.86 bits per heavy atom. The molecule has 0 bridgehead atoms. The summed E-state index contributed by atoms with van der Waals surface area (Å²) < 4.78 is 48.5. The molecule has 1 fully saturated rings. The summed E-state index contributed by atoms with van der Waals surface area (Å²) in [5.41, 5.74) is -1.82. The van der Waals surface area contributed by atoms with Crippen LogP contribution in [-0.2, 0) is 14.3 Å². The molecular weight excluding hydrogens is 419 g/mol. The van der Waals surface area contributed by atoms with Gasteiger partial charge in [-0.05, 0) is 6.26 Å². The van der Waals surface area contributed by atoms with Crippen molar-refractivity contribution in [3.05, 3.63) is 32.6 Å². The van der Waals surface area contributed by atoms with Crippen LogP contribution in [0.25, 0.3) is 0 Å². The standard InChI is InChI=1S/C16H18F3N3O6S/c1-29-8-27-10-5-12(28-11(10)7-23)22-6-9(13(24)21-15(22)26)3-2-4-20-14(25)16(17,18)19/h6,10-12,23H,4-5,7-8H2,1H3,(H,20,25)(H,21,24,26). The summed E-state index contributed by atoms with van der Waals surface area (Å²) in [6, 6.07) is 0. The van der Waals surface area contributed by atoms with Crippen molar-refractivity contribution in [2.24, 2.45) is 0 Å². The van der Waals surface area contributed by atoms with Crippen LogP contribution in [0.3, 0.4) is 0 Å². The maximum absolute atomic E-state index is 12.1. The zero-order chi connectivity index (χ0) is 21.6. The number of carbonyl (C=O) groups is 1. The molecule has 2 rings (SSSR count). The van der Waals surface area contributed by atoms with Crippen LogP contribution in [0.15, 0.2) is 15.8 Å². The van der Waals surface area contributed by atoms with Crippen molar-refractivity contribution in [3.63, 3.8) is 0 Å². The number of thioether (sulfide) groups is 1. The SMILES string of the molecule is CSCOC1CC(n2cc(C#CCNC(=O)C(F)(F)F)c(=O)[nH]c2=O)OC1CO. The average molecular weight is 437 g/mol. The molecule has 1 aromatic rings. The lowest BCUT2D eigenvalue weighted by Crippen LogP contribution is -2.37. The van der Waals surface area contributed by atoms with E-state index in [1.54, 1.807) is 5.32 Å². The zero-order valence-electron chi connectivity index (χ0n) is 15.1. The molecule has 0 aliphatic carbocycles. The maximum Gasteiger partial charge on any atom is 0.471 e. The predicted octanol–water partition coefficient (Wildman–Crippen LogP) is -0.448. The summed E-state index contributed by atoms with van der Waals surface area (Å²) >= 11 is 1.43. The lowest BCUT2D eigenvalue weighted by atomic mass is 10.2. The van der Waals surface area contributed by atoms with Gasteiger partial charge < -0.3 is 19.9 Å². The number of ether oxygens (including phenoxy) is 2. The second-order valence-electron chi connectivity index (χ2n) is 5.85. The van der Waals surface area contributed by atoms with E-state index in [0.717, 1.165) is 10.8 Å². The number of hydrogen-bond donors (Lipinski definition) is 3. The van der Waals surface area contributed by atoms with Crippen LogP contribution in [0.4, 0.5) is 13.2 Å². The molecule has 1 aliphatic heterocycles. The monoisotopic (exact) mass is 437 g/mol. The van der Waals surface area contributed by atoms with Crippen molar-refractivity contribution in [2.75, 3.05) is 25.3 Å². The van der Waals surface area contributed by atoms with Crippen molar-refractivity contribution in [1.82, 2.24) is 14.9 Å². The summed E-state index contributed by atoms with van der Waals surface area (Å²) in [5, 5.41) is 11.0. The molecule has 1 aromatic heterocycles. The molecule has 0 radical (unpaired) electrons. The summed E-state index contributed by atoms with van der Waals surface area (Å²) in [7, 11) is 0. The number of H-pyrrole nitrogens is 1. The van der Waals surface area contributed by atoms with E-state index in [2.05, 4.69) is 11.8 Å². The van der Waals surface area contributed by atoms with E-state index >= 15 is 0 Å². The van der Waals surface area contributed by atoms with E-state index in [-0.39, 0.29) is 18.6 Å². The van der Waals surface area contributed by atoms with Gasteiger partial charge in [-0.2, -0.15) is 13.2 Å². The number of aliphatic hydroxyl groups excluding tert-OH is 1. The van der Waals surface area contributed by atoms with Crippen molar-refractivity contribution < 1.29 is 32.5 Å². The topological polar surface area (TPSA) is 123 Å². The number of nitrogens with zero attached hydrogens (tertiary/aromatic N) is 1. The van der Waals surface area contributed by atoms with Crippen molar-refractivity contribution in [1.29, 1.82) is 0 Å². The molecule has 0 aromatic carbocycles. The van der Waals surface area contributed by atoms with Crippen molar-refractivity contribution in [3.8, 4) is 11.8 Å². The average Bonchev–Trinajstić information content (AvgIpc) is 3.06. The first kappa shape index (κ1) is 23.0. The van der Waals surface area contributed by atoms with Gasteiger partial charge >= 0.3 is 17.8 Å². The maximum atomic E-state index is 12.1. The number of halogens is 3. The Morgan fingerprint density at radius 1 is 1.52 bits per heavy atom. The molecule has 0 spiro atoms. The number of hydrogen-bond acceptors (Lipinski definition) is 7. The minimum atomic E-state index is -5.04. The van der Waals surface area contributed by atoms with Gasteiger partial charge in [0.15, 0.2) is 0 Å². The number of aliphatic hydroxyl groups is 1. The van der Waals surface area contributed by atoms with Gasteiger partial charge in [-0.15, -0.1) is 11.8 Å². The molecule has 9 nitrogen and oxygen atoms in total. The molecule has 1 amide bonds. The third-order valence-corrected chi connectivity index (χ3v) is 4.23. The summed E-state index contributed by atoms with van der Waals surface area (Å²) in [6.45, 7) is -0.979. The molecular formula is C16H18F3N3O6S. The van der Waals surface area contributed by atoms with Gasteiger partial charge in [0, 0.05) is 12.6 Å². The molecule has 3 atom stereocenters. The minimum absolute atomic E-state index is 0.205. The highest BCUT2D eigenvalue weighted by Gasteiger charge is 2.38. The number of amides is 1. The van der Waals surface area contributed by atoms with Crippen LogP contribution in [0.5, 0.6) is 0 Å². The first-order valence-electron chi connectivity index (χ1n) is 8.23. The van der Waals surface area contributed by atoms with Gasteiger partial charge in [0.2, 0.25) is 0 Å². The Morgan fingerprint density at radius 2 is 2.24 bits per heavy atom. The number of nitrogens with one attached hydrogen (secondary N) is 2. The van der Waals surface area contributed by atoms with Crippen LogP contribution >= 0.6 is 11.8 Å². The smallest absolute Gasteiger partial charge is 0.394 e. The van der Waals surface area contributed by atoms with E-state index in [4.69, 9.17) is 9.47 Å². The highest BCUT2D eigenvalue weighted by atomic mass is 32.2. The molecule has 1 aliphatic rings. The van der Waals surface area contributed by atoms with Crippen molar-refractivity contribution in [2.45, 2.75) is 31.0 Å². The van der Waals surface area contributed by atoms with E-state index < -0.39 is 48.3 Å². The highest BCUT2D eigenvalue weighted by molar-refractivity contribution is 7.98. The van der Waals surface area contributed by atoms with Gasteiger partial charge in [0.25, 0.3) is 5.56 Å². The lowest BCUT2D eigenvalue weighted by molar-refractivity contribution is -0.173. The molecule has 1 saturated heterocycles. The van der Waals surface area contributed by atoms with Crippen LogP contribution < -0.4 is 16.6 Å². The normalized spacial score (nSPS) is 21.5. The first-order valence-corrected chi connectivity index (χ1v) is 9.63. The molecule has 3 N–H and O–H groups in total. The van der Waals surface area contributed by atoms with Crippen LogP contribution in [0.2, 0.25) is 0 Å². The van der Waals surface area contributed by atoms with E-state index in [1.807, 2.05) is 11.2 Å². The predicted molar refractivity (Wildman–Crippen MR) is 96.1 cm³/mol. The molecule has 3 unspecified atom stereocenters. The fourth-order valence-electron chi connectivity index (χ4n) is 2.52. The molecule has 2 heterocycles. The zero-order valence-corrected chi connectivity index (χ0v) is 15.9. The van der Waals surface area contributed by atoms with Gasteiger partial charge in [-0.1, -0.05) is 11.8 Å². The molecule has 29 heavy (non-hydrogen) atoms. The second kappa shape index (κ2) is 9.97. The van der Waals surface area contributed by atoms with Crippen molar-refractivity contribution >= 4 is 17.7 Å². The fraction of sp³-hybridized carbons (Fsp3) is 0.562. The van der Waals surface area contributed by atoms with Crippen LogP contribution in [0, 0.1) is 11.8 Å². The second-order valence-corrected chi connectivity index (χ2v) is 6.66. The minimum Gasteiger partial charge on any atom is -0.394 e. The van der Waals surface area contributed by atoms with Crippen LogP contribution in [-0.4, -0.2) is 64.3 Å². The van der Waals surface area contributed by atoms with Gasteiger partial charge in [-0.25, -0.2) is 4.79 Å².